The van der Waals surface area contributed by atoms with Gasteiger partial charge in [-0.2, -0.15) is 0 Å². The van der Waals surface area contributed by atoms with Crippen LogP contribution in [0.5, 0.6) is 0 Å². The number of hydrogen-bond acceptors (Lipinski definition) is 5. The topological polar surface area (TPSA) is 85.1 Å². The van der Waals surface area contributed by atoms with Gasteiger partial charge in [0, 0.05) is 28.0 Å². The van der Waals surface area contributed by atoms with Crippen molar-refractivity contribution in [2.45, 2.75) is 11.4 Å². The van der Waals surface area contributed by atoms with Gasteiger partial charge in [-0.1, -0.05) is 24.3 Å². The standard InChI is InChI=1S/C14H13N3O2S2/c15-12-5-6-13(11-4-2-1-3-10(11)12)21(18,19)17-9-14-16-7-8-20-14/h1-8,17H,9,15H2. The lowest BCUT2D eigenvalue weighted by atomic mass is 10.1. The Labute approximate surface area is 126 Å². The summed E-state index contributed by atoms with van der Waals surface area (Å²) in [6.07, 6.45) is 1.65. The van der Waals surface area contributed by atoms with E-state index in [2.05, 4.69) is 9.71 Å². The van der Waals surface area contributed by atoms with Crippen molar-refractivity contribution >= 4 is 37.8 Å². The maximum absolute atomic E-state index is 12.5. The first kappa shape index (κ1) is 14.0. The number of nitrogen functional groups attached to an aromatic ring is 1. The van der Waals surface area contributed by atoms with Crippen LogP contribution >= 0.6 is 11.3 Å². The number of thiazole rings is 1. The third kappa shape index (κ3) is 2.76. The largest absolute Gasteiger partial charge is 0.398 e. The van der Waals surface area contributed by atoms with Crippen molar-refractivity contribution in [3.63, 3.8) is 0 Å². The molecule has 3 aromatic rings. The molecule has 1 heterocycles. The Bertz CT molecular complexity index is 874. The molecule has 108 valence electrons. The second kappa shape index (κ2) is 5.44. The fourth-order valence-electron chi connectivity index (χ4n) is 2.10. The predicted molar refractivity (Wildman–Crippen MR) is 84.5 cm³/mol. The van der Waals surface area contributed by atoms with E-state index in [0.717, 1.165) is 10.4 Å². The van der Waals surface area contributed by atoms with Crippen LogP contribution in [0.3, 0.4) is 0 Å². The van der Waals surface area contributed by atoms with Crippen molar-refractivity contribution in [2.24, 2.45) is 0 Å². The summed E-state index contributed by atoms with van der Waals surface area (Å²) in [7, 11) is -3.62. The molecule has 7 heteroatoms. The first-order chi connectivity index (χ1) is 10.1. The van der Waals surface area contributed by atoms with Gasteiger partial charge in [0.25, 0.3) is 0 Å². The number of nitrogens with zero attached hydrogens (tertiary/aromatic N) is 1. The van der Waals surface area contributed by atoms with E-state index in [4.69, 9.17) is 5.73 Å². The van der Waals surface area contributed by atoms with E-state index in [1.54, 1.807) is 24.4 Å². The number of rotatable bonds is 4. The van der Waals surface area contributed by atoms with Crippen LogP contribution in [0.2, 0.25) is 0 Å². The van der Waals surface area contributed by atoms with E-state index < -0.39 is 10.0 Å². The third-order valence-electron chi connectivity index (χ3n) is 3.10. The van der Waals surface area contributed by atoms with Crippen molar-refractivity contribution in [2.75, 3.05) is 5.73 Å². The molecule has 0 radical (unpaired) electrons. The Kier molecular flexibility index (Phi) is 3.62. The van der Waals surface area contributed by atoms with Gasteiger partial charge in [0.15, 0.2) is 0 Å². The molecule has 3 rings (SSSR count). The van der Waals surface area contributed by atoms with Crippen molar-refractivity contribution in [3.05, 3.63) is 53.0 Å². The fraction of sp³-hybridized carbons (Fsp3) is 0.0714. The minimum Gasteiger partial charge on any atom is -0.398 e. The van der Waals surface area contributed by atoms with Gasteiger partial charge in [-0.25, -0.2) is 18.1 Å². The van der Waals surface area contributed by atoms with Crippen LogP contribution in [0, 0.1) is 0 Å². The van der Waals surface area contributed by atoms with Gasteiger partial charge in [-0.15, -0.1) is 11.3 Å². The van der Waals surface area contributed by atoms with Crippen LogP contribution in [0.25, 0.3) is 10.8 Å². The summed E-state index contributed by atoms with van der Waals surface area (Å²) in [6, 6.07) is 10.3. The average molecular weight is 319 g/mol. The zero-order valence-electron chi connectivity index (χ0n) is 11.0. The summed E-state index contributed by atoms with van der Waals surface area (Å²) >= 11 is 1.41. The Balaban J connectivity index is 2.01. The maximum Gasteiger partial charge on any atom is 0.241 e. The summed E-state index contributed by atoms with van der Waals surface area (Å²) in [5, 5.41) is 3.87. The number of nitrogens with two attached hydrogens (primary N) is 1. The number of fused-ring (bicyclic) bond motifs is 1. The quantitative estimate of drug-likeness (QED) is 0.723. The molecule has 0 aliphatic carbocycles. The zero-order valence-corrected chi connectivity index (χ0v) is 12.6. The van der Waals surface area contributed by atoms with Crippen LogP contribution in [-0.4, -0.2) is 13.4 Å². The SMILES string of the molecule is Nc1ccc(S(=O)(=O)NCc2nccs2)c2ccccc12. The Morgan fingerprint density at radius 3 is 2.62 bits per heavy atom. The molecule has 0 unspecified atom stereocenters. The molecular formula is C14H13N3O2S2. The van der Waals surface area contributed by atoms with Gasteiger partial charge in [-0.3, -0.25) is 0 Å². The normalized spacial score (nSPS) is 11.8. The van der Waals surface area contributed by atoms with Crippen molar-refractivity contribution in [1.29, 1.82) is 0 Å². The Morgan fingerprint density at radius 2 is 1.90 bits per heavy atom. The minimum atomic E-state index is -3.62. The lowest BCUT2D eigenvalue weighted by molar-refractivity contribution is 0.582. The first-order valence-corrected chi connectivity index (χ1v) is 8.59. The van der Waals surface area contributed by atoms with E-state index in [1.165, 1.54) is 17.4 Å². The highest BCUT2D eigenvalue weighted by atomic mass is 32.2. The van der Waals surface area contributed by atoms with Crippen molar-refractivity contribution in [1.82, 2.24) is 9.71 Å². The van der Waals surface area contributed by atoms with E-state index in [1.807, 2.05) is 17.5 Å². The molecule has 0 aliphatic rings. The molecule has 0 atom stereocenters. The summed E-state index contributed by atoms with van der Waals surface area (Å²) in [5.41, 5.74) is 6.46. The second-order valence-corrected chi connectivity index (χ2v) is 7.16. The molecule has 1 aromatic heterocycles. The molecule has 0 aliphatic heterocycles. The summed E-state index contributed by atoms with van der Waals surface area (Å²) < 4.78 is 27.5. The Hall–Kier alpha value is -1.96. The fourth-order valence-corrected chi connectivity index (χ4v) is 3.95. The highest BCUT2D eigenvalue weighted by Crippen LogP contribution is 2.27. The predicted octanol–water partition coefficient (Wildman–Crippen LogP) is 2.36. The van der Waals surface area contributed by atoms with Crippen LogP contribution in [0.4, 0.5) is 5.69 Å². The van der Waals surface area contributed by atoms with Crippen LogP contribution in [0.1, 0.15) is 5.01 Å². The lowest BCUT2D eigenvalue weighted by Crippen LogP contribution is -2.23. The minimum absolute atomic E-state index is 0.179. The van der Waals surface area contributed by atoms with Gasteiger partial charge in [0.2, 0.25) is 10.0 Å². The van der Waals surface area contributed by atoms with E-state index in [9.17, 15) is 8.42 Å². The molecule has 0 amide bonds. The summed E-state index contributed by atoms with van der Waals surface area (Å²) in [4.78, 5) is 4.29. The molecule has 0 spiro atoms. The number of aromatic nitrogens is 1. The molecule has 5 nitrogen and oxygen atoms in total. The molecule has 0 saturated heterocycles. The van der Waals surface area contributed by atoms with Crippen LogP contribution in [0.15, 0.2) is 52.9 Å². The van der Waals surface area contributed by atoms with Crippen LogP contribution in [-0.2, 0) is 16.6 Å². The summed E-state index contributed by atoms with van der Waals surface area (Å²) in [6.45, 7) is 0.179. The van der Waals surface area contributed by atoms with E-state index in [-0.39, 0.29) is 11.4 Å². The Morgan fingerprint density at radius 1 is 1.14 bits per heavy atom. The van der Waals surface area contributed by atoms with Crippen LogP contribution < -0.4 is 10.5 Å². The molecular weight excluding hydrogens is 306 g/mol. The molecule has 21 heavy (non-hydrogen) atoms. The summed E-state index contributed by atoms with van der Waals surface area (Å²) in [5.74, 6) is 0. The second-order valence-electron chi connectivity index (χ2n) is 4.45. The highest BCUT2D eigenvalue weighted by molar-refractivity contribution is 7.89. The van der Waals surface area contributed by atoms with Gasteiger partial charge in [0.05, 0.1) is 11.4 Å². The molecule has 0 bridgehead atoms. The first-order valence-electron chi connectivity index (χ1n) is 6.23. The molecule has 2 aromatic carbocycles. The average Bonchev–Trinajstić information content (AvgIpc) is 2.99. The van der Waals surface area contributed by atoms with E-state index >= 15 is 0 Å². The molecule has 0 fully saturated rings. The molecule has 0 saturated carbocycles. The number of hydrogen-bond donors (Lipinski definition) is 2. The van der Waals surface area contributed by atoms with Crippen molar-refractivity contribution < 1.29 is 8.42 Å². The highest BCUT2D eigenvalue weighted by Gasteiger charge is 2.18. The number of nitrogens with one attached hydrogen (secondary N) is 1. The maximum atomic E-state index is 12.5. The van der Waals surface area contributed by atoms with Crippen molar-refractivity contribution in [3.8, 4) is 0 Å². The van der Waals surface area contributed by atoms with Gasteiger partial charge in [0.1, 0.15) is 5.01 Å². The number of benzene rings is 2. The lowest BCUT2D eigenvalue weighted by Gasteiger charge is -2.10. The van der Waals surface area contributed by atoms with Gasteiger partial charge < -0.3 is 5.73 Å². The zero-order chi connectivity index (χ0) is 14.9. The number of anilines is 1. The number of sulfonamides is 1. The van der Waals surface area contributed by atoms with Gasteiger partial charge >= 0.3 is 0 Å². The third-order valence-corrected chi connectivity index (χ3v) is 5.34. The smallest absolute Gasteiger partial charge is 0.241 e. The van der Waals surface area contributed by atoms with Gasteiger partial charge in [-0.05, 0) is 12.1 Å². The van der Waals surface area contributed by atoms with E-state index in [0.29, 0.717) is 11.1 Å². The molecule has 3 N–H and O–H groups in total. The monoisotopic (exact) mass is 319 g/mol.